The first kappa shape index (κ1) is 13.0. The van der Waals surface area contributed by atoms with Crippen molar-refractivity contribution >= 4 is 15.6 Å². The average Bonchev–Trinajstić information content (AvgIpc) is 2.30. The molecule has 1 unspecified atom stereocenters. The molecule has 1 rings (SSSR count). The van der Waals surface area contributed by atoms with Crippen LogP contribution in [0.15, 0.2) is 33.5 Å². The molecule has 0 amide bonds. The topological polar surface area (TPSA) is 67.5 Å². The Hall–Kier alpha value is -1.07. The molecule has 0 aliphatic rings. The summed E-state index contributed by atoms with van der Waals surface area (Å²) in [6, 6.07) is 6.98. The largest absolute Gasteiger partial charge is 0.399 e. The number of nitrogens with zero attached hydrogens (tertiary/aromatic N) is 1. The monoisotopic (exact) mass is 241 g/mol. The summed E-state index contributed by atoms with van der Waals surface area (Å²) in [5.41, 5.74) is 6.25. The first-order chi connectivity index (χ1) is 7.62. The van der Waals surface area contributed by atoms with Gasteiger partial charge in [0.25, 0.3) is 0 Å². The van der Waals surface area contributed by atoms with E-state index in [1.807, 2.05) is 0 Å². The Labute approximate surface area is 97.6 Å². The number of hydrogen-bond donors (Lipinski definition) is 2. The van der Waals surface area contributed by atoms with Gasteiger partial charge in [-0.05, 0) is 37.7 Å². The molecule has 0 aliphatic carbocycles. The Balaban J connectivity index is 3.00. The molecule has 0 heterocycles. The van der Waals surface area contributed by atoms with Crippen LogP contribution in [0.3, 0.4) is 0 Å². The minimum absolute atomic E-state index is 0.612. The van der Waals surface area contributed by atoms with E-state index in [9.17, 15) is 4.21 Å². The molecular formula is C11H19N3OS. The number of rotatable bonds is 5. The van der Waals surface area contributed by atoms with Crippen LogP contribution in [-0.4, -0.2) is 17.8 Å². The van der Waals surface area contributed by atoms with E-state index in [-0.39, 0.29) is 0 Å². The van der Waals surface area contributed by atoms with Gasteiger partial charge in [0.1, 0.15) is 9.92 Å². The van der Waals surface area contributed by atoms with Crippen LogP contribution in [-0.2, 0) is 9.92 Å². The summed E-state index contributed by atoms with van der Waals surface area (Å²) in [6.07, 6.45) is 2.00. The lowest BCUT2D eigenvalue weighted by molar-refractivity contribution is 0.666. The summed E-state index contributed by atoms with van der Waals surface area (Å²) >= 11 is 0. The highest BCUT2D eigenvalue weighted by molar-refractivity contribution is 7.91. The van der Waals surface area contributed by atoms with Crippen molar-refractivity contribution in [3.63, 3.8) is 0 Å². The van der Waals surface area contributed by atoms with Gasteiger partial charge in [0.05, 0.1) is 4.90 Å². The van der Waals surface area contributed by atoms with Crippen molar-refractivity contribution in [1.29, 1.82) is 0 Å². The number of benzene rings is 1. The van der Waals surface area contributed by atoms with Crippen LogP contribution in [0, 0.1) is 0 Å². The van der Waals surface area contributed by atoms with Crippen LogP contribution in [0.4, 0.5) is 5.69 Å². The second-order valence-electron chi connectivity index (χ2n) is 3.51. The molecule has 0 spiro atoms. The number of hydrogen-bond acceptors (Lipinski definition) is 3. The number of nitrogens with two attached hydrogens (primary N) is 1. The first-order valence-electron chi connectivity index (χ1n) is 5.39. The van der Waals surface area contributed by atoms with Gasteiger partial charge >= 0.3 is 0 Å². The molecule has 5 heteroatoms. The van der Waals surface area contributed by atoms with Gasteiger partial charge in [-0.15, -0.1) is 0 Å². The summed E-state index contributed by atoms with van der Waals surface area (Å²) in [6.45, 7) is 2.69. The Bertz CT molecular complexity index is 433. The fraction of sp³-hybridized carbons (Fsp3) is 0.455. The molecule has 1 atom stereocenters. The highest BCUT2D eigenvalue weighted by Crippen LogP contribution is 2.13. The third-order valence-electron chi connectivity index (χ3n) is 2.26. The highest BCUT2D eigenvalue weighted by Gasteiger charge is 2.08. The van der Waals surface area contributed by atoms with E-state index in [0.717, 1.165) is 12.8 Å². The Morgan fingerprint density at radius 3 is 2.50 bits per heavy atom. The molecule has 1 aromatic rings. The predicted octanol–water partition coefficient (Wildman–Crippen LogP) is 2.03. The summed E-state index contributed by atoms with van der Waals surface area (Å²) in [7, 11) is -0.814. The van der Waals surface area contributed by atoms with Crippen LogP contribution in [0.2, 0.25) is 0 Å². The van der Waals surface area contributed by atoms with E-state index in [2.05, 4.69) is 16.0 Å². The van der Waals surface area contributed by atoms with Gasteiger partial charge in [-0.1, -0.05) is 13.3 Å². The van der Waals surface area contributed by atoms with Crippen LogP contribution in [0.1, 0.15) is 19.8 Å². The fourth-order valence-corrected chi connectivity index (χ4v) is 2.67. The zero-order valence-corrected chi connectivity index (χ0v) is 10.6. The van der Waals surface area contributed by atoms with Gasteiger partial charge in [0.15, 0.2) is 0 Å². The lowest BCUT2D eigenvalue weighted by Gasteiger charge is -2.09. The molecule has 90 valence electrons. The number of unbranched alkanes of at least 4 members (excludes halogenated alkanes) is 1. The van der Waals surface area contributed by atoms with Gasteiger partial charge in [0, 0.05) is 12.2 Å². The summed E-state index contributed by atoms with van der Waals surface area (Å²) in [5, 5.41) is 0. The molecule has 4 nitrogen and oxygen atoms in total. The average molecular weight is 241 g/mol. The smallest absolute Gasteiger partial charge is 0.137 e. The van der Waals surface area contributed by atoms with Crippen LogP contribution >= 0.6 is 0 Å². The molecule has 0 fully saturated rings. The van der Waals surface area contributed by atoms with Crippen LogP contribution < -0.4 is 10.5 Å². The normalized spacial score (nSPS) is 14.4. The minimum atomic E-state index is -2.48. The zero-order chi connectivity index (χ0) is 12.0. The van der Waals surface area contributed by atoms with Gasteiger partial charge in [-0.3, -0.25) is 0 Å². The highest BCUT2D eigenvalue weighted by atomic mass is 32.2. The van der Waals surface area contributed by atoms with Crippen molar-refractivity contribution in [3.8, 4) is 0 Å². The number of nitrogens with one attached hydrogen (secondary N) is 1. The second kappa shape index (κ2) is 5.86. The molecule has 0 aromatic heterocycles. The summed E-state index contributed by atoms with van der Waals surface area (Å²) < 4.78 is 19.5. The molecule has 0 radical (unpaired) electrons. The molecule has 0 aliphatic heterocycles. The molecule has 0 saturated heterocycles. The lowest BCUT2D eigenvalue weighted by Crippen LogP contribution is -2.19. The van der Waals surface area contributed by atoms with E-state index in [1.54, 1.807) is 31.3 Å². The number of anilines is 1. The van der Waals surface area contributed by atoms with Crippen molar-refractivity contribution < 1.29 is 4.21 Å². The van der Waals surface area contributed by atoms with Gasteiger partial charge < -0.3 is 5.73 Å². The van der Waals surface area contributed by atoms with E-state index >= 15 is 0 Å². The van der Waals surface area contributed by atoms with E-state index < -0.39 is 9.92 Å². The third-order valence-corrected chi connectivity index (χ3v) is 4.27. The summed E-state index contributed by atoms with van der Waals surface area (Å²) in [4.78, 5) is 0.681. The summed E-state index contributed by atoms with van der Waals surface area (Å²) in [5.74, 6) is 0. The Kier molecular flexibility index (Phi) is 4.76. The Morgan fingerprint density at radius 1 is 1.38 bits per heavy atom. The van der Waals surface area contributed by atoms with Crippen LogP contribution in [0.5, 0.6) is 0 Å². The molecule has 0 bridgehead atoms. The van der Waals surface area contributed by atoms with E-state index in [0.29, 0.717) is 17.1 Å². The first-order valence-corrected chi connectivity index (χ1v) is 6.91. The van der Waals surface area contributed by atoms with Crippen LogP contribution in [0.25, 0.3) is 0 Å². The quantitative estimate of drug-likeness (QED) is 0.612. The molecule has 16 heavy (non-hydrogen) atoms. The number of nitrogen functional groups attached to an aromatic ring is 1. The maximum absolute atomic E-state index is 12.4. The molecule has 3 N–H and O–H groups in total. The fourth-order valence-electron chi connectivity index (χ4n) is 1.26. The molecular weight excluding hydrogens is 222 g/mol. The van der Waals surface area contributed by atoms with Gasteiger partial charge in [-0.25, -0.2) is 13.3 Å². The third kappa shape index (κ3) is 3.21. The van der Waals surface area contributed by atoms with Crippen molar-refractivity contribution in [2.45, 2.75) is 24.7 Å². The van der Waals surface area contributed by atoms with E-state index in [4.69, 9.17) is 5.73 Å². The van der Waals surface area contributed by atoms with Crippen molar-refractivity contribution in [1.82, 2.24) is 4.72 Å². The maximum atomic E-state index is 12.4. The molecule has 1 aromatic carbocycles. The Morgan fingerprint density at radius 2 is 2.00 bits per heavy atom. The van der Waals surface area contributed by atoms with Crippen molar-refractivity contribution in [2.75, 3.05) is 19.3 Å². The van der Waals surface area contributed by atoms with Gasteiger partial charge in [0.2, 0.25) is 0 Å². The lowest BCUT2D eigenvalue weighted by atomic mass is 10.3. The second-order valence-corrected chi connectivity index (χ2v) is 5.69. The predicted molar refractivity (Wildman–Crippen MR) is 68.5 cm³/mol. The van der Waals surface area contributed by atoms with Crippen molar-refractivity contribution in [2.24, 2.45) is 4.36 Å². The van der Waals surface area contributed by atoms with E-state index in [1.165, 1.54) is 0 Å². The van der Waals surface area contributed by atoms with Gasteiger partial charge in [-0.2, -0.15) is 0 Å². The maximum Gasteiger partial charge on any atom is 0.137 e. The standard InChI is InChI=1S/C11H19N3OS/c1-3-4-9-14-16(15,13-2)11-7-5-10(12)6-8-11/h5-8H,3-4,9,12H2,1-2H3,(H,13,14,15). The zero-order valence-electron chi connectivity index (χ0n) is 9.77. The van der Waals surface area contributed by atoms with Crippen molar-refractivity contribution in [3.05, 3.63) is 24.3 Å². The SMILES string of the molecule is CCCCN=S(=O)(NC)c1ccc(N)cc1. The molecule has 0 saturated carbocycles. The minimum Gasteiger partial charge on any atom is -0.399 e.